The molecule has 1 atom stereocenters. The number of para-hydroxylation sites is 1. The fourth-order valence-electron chi connectivity index (χ4n) is 4.02. The molecule has 2 heterocycles. The smallest absolute Gasteiger partial charge is 0.405 e. The van der Waals surface area contributed by atoms with Gasteiger partial charge in [0, 0.05) is 10.9 Å². The minimum atomic E-state index is -3.04. The molecular weight excluding hydrogens is 526 g/mol. The molecule has 1 fully saturated rings. The summed E-state index contributed by atoms with van der Waals surface area (Å²) in [5.41, 5.74) is 6.75. The van der Waals surface area contributed by atoms with E-state index in [1.54, 1.807) is 6.07 Å². The number of carbonyl (C=O) groups is 2. The van der Waals surface area contributed by atoms with Gasteiger partial charge in [-0.2, -0.15) is 8.78 Å². The van der Waals surface area contributed by atoms with Gasteiger partial charge in [0.2, 0.25) is 5.89 Å². The van der Waals surface area contributed by atoms with E-state index in [1.807, 2.05) is 30.3 Å². The Morgan fingerprint density at radius 3 is 2.65 bits per heavy atom. The molecule has 1 unspecified atom stereocenters. The second-order valence-electron chi connectivity index (χ2n) is 9.28. The van der Waals surface area contributed by atoms with Gasteiger partial charge in [-0.25, -0.2) is 9.78 Å². The second kappa shape index (κ2) is 11.6. The van der Waals surface area contributed by atoms with Crippen molar-refractivity contribution < 1.29 is 37.0 Å². The van der Waals surface area contributed by atoms with Gasteiger partial charge in [0.1, 0.15) is 0 Å². The molecule has 1 aliphatic carbocycles. The van der Waals surface area contributed by atoms with E-state index in [0.29, 0.717) is 23.8 Å². The summed E-state index contributed by atoms with van der Waals surface area (Å²) in [7, 11) is 0. The lowest BCUT2D eigenvalue weighted by Crippen LogP contribution is -2.25. The predicted molar refractivity (Wildman–Crippen MR) is 139 cm³/mol. The molecule has 0 saturated heterocycles. The summed E-state index contributed by atoms with van der Waals surface area (Å²) in [4.78, 5) is 33.5. The Bertz CT molecular complexity index is 1540. The van der Waals surface area contributed by atoms with Crippen LogP contribution in [0.25, 0.3) is 22.4 Å². The van der Waals surface area contributed by atoms with Gasteiger partial charge in [-0.3, -0.25) is 9.78 Å². The number of fused-ring (bicyclic) bond motifs is 1. The number of pyridine rings is 1. The van der Waals surface area contributed by atoms with E-state index in [-0.39, 0.29) is 35.4 Å². The van der Waals surface area contributed by atoms with Crippen molar-refractivity contribution in [1.82, 2.24) is 15.3 Å². The number of oxazole rings is 1. The van der Waals surface area contributed by atoms with Gasteiger partial charge in [0.15, 0.2) is 29.1 Å². The standard InChI is InChI=1S/C28H26F2N4O6/c1-15(38-28(31)36)24-23(25(35)32-13-19-10-8-17-4-2-3-5-20(17)33-19)34-26(40-24)18-9-11-21(39-27(29)30)22(12-18)37-14-16-6-7-16/h2-5,8-12,15-16,27H,6-7,13-14H2,1H3,(H2,31,36)(H,32,35). The monoisotopic (exact) mass is 552 g/mol. The zero-order chi connectivity index (χ0) is 28.2. The zero-order valence-corrected chi connectivity index (χ0v) is 21.4. The van der Waals surface area contributed by atoms with Crippen LogP contribution in [-0.4, -0.2) is 35.2 Å². The number of carbonyl (C=O) groups excluding carboxylic acids is 2. The Morgan fingerprint density at radius 2 is 1.90 bits per heavy atom. The maximum atomic E-state index is 13.2. The normalized spacial score (nSPS) is 13.7. The van der Waals surface area contributed by atoms with Crippen LogP contribution in [0.3, 0.4) is 0 Å². The lowest BCUT2D eigenvalue weighted by molar-refractivity contribution is -0.0515. The fourth-order valence-corrected chi connectivity index (χ4v) is 4.02. The Hall–Kier alpha value is -4.74. The summed E-state index contributed by atoms with van der Waals surface area (Å²) in [6.07, 6.45) is -0.121. The van der Waals surface area contributed by atoms with Gasteiger partial charge in [-0.1, -0.05) is 24.3 Å². The number of aromatic nitrogens is 2. The highest BCUT2D eigenvalue weighted by Gasteiger charge is 2.28. The maximum absolute atomic E-state index is 13.2. The first-order valence-electron chi connectivity index (χ1n) is 12.6. The van der Waals surface area contributed by atoms with Crippen LogP contribution in [0, 0.1) is 5.92 Å². The van der Waals surface area contributed by atoms with Crippen molar-refractivity contribution in [1.29, 1.82) is 0 Å². The lowest BCUT2D eigenvalue weighted by atomic mass is 10.2. The molecule has 1 saturated carbocycles. The largest absolute Gasteiger partial charge is 0.489 e. The summed E-state index contributed by atoms with van der Waals surface area (Å²) in [6.45, 7) is -1.13. The Labute approximate surface area is 227 Å². The molecule has 1 aliphatic rings. The number of nitrogens with two attached hydrogens (primary N) is 1. The average molecular weight is 553 g/mol. The minimum absolute atomic E-state index is 0.0243. The number of alkyl halides is 2. The summed E-state index contributed by atoms with van der Waals surface area (Å²) in [5.74, 6) is -0.384. The van der Waals surface area contributed by atoms with Crippen molar-refractivity contribution in [2.45, 2.75) is 39.0 Å². The molecule has 12 heteroatoms. The van der Waals surface area contributed by atoms with Crippen LogP contribution in [-0.2, 0) is 11.3 Å². The van der Waals surface area contributed by atoms with Gasteiger partial charge >= 0.3 is 12.7 Å². The summed E-state index contributed by atoms with van der Waals surface area (Å²) < 4.78 is 47.1. The molecule has 10 nitrogen and oxygen atoms in total. The predicted octanol–water partition coefficient (Wildman–Crippen LogP) is 5.37. The lowest BCUT2D eigenvalue weighted by Gasteiger charge is -2.13. The van der Waals surface area contributed by atoms with Gasteiger partial charge in [-0.15, -0.1) is 0 Å². The summed E-state index contributed by atoms with van der Waals surface area (Å²) in [6, 6.07) is 15.5. The Kier molecular flexibility index (Phi) is 7.76. The van der Waals surface area contributed by atoms with E-state index in [9.17, 15) is 18.4 Å². The number of hydrogen-bond donors (Lipinski definition) is 2. The van der Waals surface area contributed by atoms with E-state index in [2.05, 4.69) is 20.0 Å². The van der Waals surface area contributed by atoms with Crippen LogP contribution < -0.4 is 20.5 Å². The highest BCUT2D eigenvalue weighted by Crippen LogP contribution is 2.37. The SMILES string of the molecule is CC(OC(N)=O)c1oc(-c2ccc(OC(F)F)c(OCC3CC3)c2)nc1C(=O)NCc1ccc2ccccc2n1. The van der Waals surface area contributed by atoms with Gasteiger partial charge in [0.25, 0.3) is 5.91 Å². The van der Waals surface area contributed by atoms with Crippen molar-refractivity contribution in [3.63, 3.8) is 0 Å². The van der Waals surface area contributed by atoms with Crippen LogP contribution in [0.15, 0.2) is 59.0 Å². The molecule has 4 aromatic rings. The third-order valence-electron chi connectivity index (χ3n) is 6.19. The third kappa shape index (κ3) is 6.45. The van der Waals surface area contributed by atoms with Gasteiger partial charge in [-0.05, 0) is 56.0 Å². The number of primary amides is 1. The first-order valence-corrected chi connectivity index (χ1v) is 12.6. The number of ether oxygens (including phenoxy) is 3. The van der Waals surface area contributed by atoms with Crippen LogP contribution in [0.2, 0.25) is 0 Å². The van der Waals surface area contributed by atoms with E-state index in [0.717, 1.165) is 23.7 Å². The number of nitrogens with one attached hydrogen (secondary N) is 1. The molecule has 2 aromatic carbocycles. The highest BCUT2D eigenvalue weighted by molar-refractivity contribution is 5.94. The molecule has 0 radical (unpaired) electrons. The zero-order valence-electron chi connectivity index (χ0n) is 21.4. The van der Waals surface area contributed by atoms with Crippen molar-refractivity contribution in [2.24, 2.45) is 11.7 Å². The highest BCUT2D eigenvalue weighted by atomic mass is 19.3. The number of hydrogen-bond acceptors (Lipinski definition) is 8. The topological polar surface area (TPSA) is 139 Å². The number of halogens is 2. The van der Waals surface area contributed by atoms with Gasteiger partial charge < -0.3 is 29.7 Å². The van der Waals surface area contributed by atoms with Crippen LogP contribution in [0.4, 0.5) is 13.6 Å². The van der Waals surface area contributed by atoms with E-state index < -0.39 is 24.7 Å². The third-order valence-corrected chi connectivity index (χ3v) is 6.19. The molecule has 0 spiro atoms. The first-order chi connectivity index (χ1) is 19.3. The van der Waals surface area contributed by atoms with Crippen LogP contribution in [0.5, 0.6) is 11.5 Å². The van der Waals surface area contributed by atoms with Crippen molar-refractivity contribution >= 4 is 22.9 Å². The van der Waals surface area contributed by atoms with Crippen LogP contribution in [0.1, 0.15) is 47.8 Å². The molecule has 5 rings (SSSR count). The molecule has 0 bridgehead atoms. The average Bonchev–Trinajstić information content (AvgIpc) is 3.65. The second-order valence-corrected chi connectivity index (χ2v) is 9.28. The maximum Gasteiger partial charge on any atom is 0.405 e. The fraction of sp³-hybridized carbons (Fsp3) is 0.286. The Morgan fingerprint density at radius 1 is 1.10 bits per heavy atom. The molecule has 2 aromatic heterocycles. The molecule has 3 N–H and O–H groups in total. The molecule has 2 amide bonds. The quantitative estimate of drug-likeness (QED) is 0.253. The van der Waals surface area contributed by atoms with Crippen LogP contribution >= 0.6 is 0 Å². The molecule has 40 heavy (non-hydrogen) atoms. The van der Waals surface area contributed by atoms with Crippen molar-refractivity contribution in [2.75, 3.05) is 6.61 Å². The van der Waals surface area contributed by atoms with E-state index >= 15 is 0 Å². The number of amides is 2. The number of nitrogens with zero attached hydrogens (tertiary/aromatic N) is 2. The van der Waals surface area contributed by atoms with Crippen molar-refractivity contribution in [3.05, 3.63) is 71.7 Å². The molecular formula is C28H26F2N4O6. The van der Waals surface area contributed by atoms with Crippen molar-refractivity contribution in [3.8, 4) is 23.0 Å². The number of benzene rings is 2. The van der Waals surface area contributed by atoms with E-state index in [1.165, 1.54) is 25.1 Å². The van der Waals surface area contributed by atoms with E-state index in [4.69, 9.17) is 19.6 Å². The minimum Gasteiger partial charge on any atom is -0.489 e. The number of rotatable bonds is 11. The summed E-state index contributed by atoms with van der Waals surface area (Å²) in [5, 5.41) is 3.71. The molecule has 208 valence electrons. The van der Waals surface area contributed by atoms with Gasteiger partial charge in [0.05, 0.1) is 24.4 Å². The Balaban J connectivity index is 1.42. The summed E-state index contributed by atoms with van der Waals surface area (Å²) >= 11 is 0. The first kappa shape index (κ1) is 26.9. The molecule has 0 aliphatic heterocycles.